The van der Waals surface area contributed by atoms with Gasteiger partial charge in [-0.25, -0.2) is 4.68 Å². The molecule has 2 saturated heterocycles. The van der Waals surface area contributed by atoms with Gasteiger partial charge in [-0.3, -0.25) is 0 Å². The Labute approximate surface area is 153 Å². The number of aliphatic hydroxyl groups is 8. The van der Waals surface area contributed by atoms with E-state index >= 15 is 0 Å². The van der Waals surface area contributed by atoms with Crippen LogP contribution in [-0.2, 0) is 4.74 Å². The molecule has 0 unspecified atom stereocenters. The molecule has 0 spiro atoms. The van der Waals surface area contributed by atoms with E-state index in [-0.39, 0.29) is 12.4 Å². The molecule has 2 fully saturated rings. The maximum atomic E-state index is 10.1. The number of aliphatic hydroxyl groups excluding tert-OH is 8. The maximum Gasteiger partial charge on any atom is 0.180 e. The second-order valence-corrected chi connectivity index (χ2v) is 6.73. The number of hydrogen-bond acceptors (Lipinski definition) is 12. The van der Waals surface area contributed by atoms with Gasteiger partial charge in [0.1, 0.15) is 42.7 Å². The maximum absolute atomic E-state index is 10.1. The van der Waals surface area contributed by atoms with Crippen molar-refractivity contribution >= 4 is 5.82 Å². The first-order valence-corrected chi connectivity index (χ1v) is 8.44. The van der Waals surface area contributed by atoms with E-state index in [4.69, 9.17) is 4.74 Å². The standard InChI is InChI=1S/C14H24N4O9/c19-3-5-9(22)10(23)6(21)1-17(5)8-2-18(16-15-8)14-13(26)12(25)11(24)7(4-20)27-14/h2,5-7,9-14,19-26H,1,3-4H2/t5-,6+,7+,9+,10+,11+,12-,13+,14+/m0/s1. The van der Waals surface area contributed by atoms with Crippen LogP contribution in [0.2, 0.25) is 0 Å². The summed E-state index contributed by atoms with van der Waals surface area (Å²) in [7, 11) is 0. The zero-order chi connectivity index (χ0) is 19.9. The summed E-state index contributed by atoms with van der Waals surface area (Å²) >= 11 is 0. The summed E-state index contributed by atoms with van der Waals surface area (Å²) in [5.41, 5.74) is 0. The molecule has 3 heterocycles. The minimum Gasteiger partial charge on any atom is -0.394 e. The lowest BCUT2D eigenvalue weighted by Crippen LogP contribution is -2.62. The second kappa shape index (κ2) is 7.90. The Balaban J connectivity index is 1.83. The number of piperidine rings is 1. The van der Waals surface area contributed by atoms with Crippen LogP contribution in [0.5, 0.6) is 0 Å². The Morgan fingerprint density at radius 2 is 1.63 bits per heavy atom. The second-order valence-electron chi connectivity index (χ2n) is 6.73. The van der Waals surface area contributed by atoms with Crippen LogP contribution in [0.1, 0.15) is 6.23 Å². The number of rotatable bonds is 4. The van der Waals surface area contributed by atoms with Crippen molar-refractivity contribution < 1.29 is 45.6 Å². The number of ether oxygens (including phenoxy) is 1. The van der Waals surface area contributed by atoms with Gasteiger partial charge in [0.2, 0.25) is 0 Å². The van der Waals surface area contributed by atoms with Crippen molar-refractivity contribution in [3.8, 4) is 0 Å². The number of anilines is 1. The Morgan fingerprint density at radius 3 is 2.26 bits per heavy atom. The van der Waals surface area contributed by atoms with Gasteiger partial charge in [0.05, 0.1) is 25.5 Å². The van der Waals surface area contributed by atoms with E-state index in [2.05, 4.69) is 10.3 Å². The quantitative estimate of drug-likeness (QED) is 0.242. The van der Waals surface area contributed by atoms with Gasteiger partial charge < -0.3 is 50.5 Å². The molecule has 1 aromatic heterocycles. The molecular weight excluding hydrogens is 368 g/mol. The fourth-order valence-electron chi connectivity index (χ4n) is 3.38. The average Bonchev–Trinajstić information content (AvgIpc) is 3.14. The highest BCUT2D eigenvalue weighted by Crippen LogP contribution is 2.30. The number of β-amino-alcohol motifs (C(OH)–C–C–N with tert-alkyl or cyclic N) is 1. The molecule has 9 atom stereocenters. The van der Waals surface area contributed by atoms with E-state index in [9.17, 15) is 40.9 Å². The molecule has 2 aliphatic heterocycles. The third kappa shape index (κ3) is 3.53. The first-order valence-electron chi connectivity index (χ1n) is 8.44. The highest BCUT2D eigenvalue weighted by Gasteiger charge is 2.46. The normalized spacial score (nSPS) is 43.1. The third-order valence-electron chi connectivity index (χ3n) is 5.03. The van der Waals surface area contributed by atoms with Gasteiger partial charge in [-0.1, -0.05) is 5.21 Å². The number of aromatic nitrogens is 3. The van der Waals surface area contributed by atoms with Crippen LogP contribution in [0.15, 0.2) is 6.20 Å². The lowest BCUT2D eigenvalue weighted by molar-refractivity contribution is -0.254. The average molecular weight is 392 g/mol. The highest BCUT2D eigenvalue weighted by atomic mass is 16.6. The summed E-state index contributed by atoms with van der Waals surface area (Å²) in [6, 6.07) is -0.955. The van der Waals surface area contributed by atoms with Gasteiger partial charge in [0.15, 0.2) is 12.0 Å². The third-order valence-corrected chi connectivity index (χ3v) is 5.03. The van der Waals surface area contributed by atoms with E-state index in [1.165, 1.54) is 11.1 Å². The van der Waals surface area contributed by atoms with Crippen molar-refractivity contribution in [2.45, 2.75) is 55.0 Å². The largest absolute Gasteiger partial charge is 0.394 e. The van der Waals surface area contributed by atoms with E-state index in [1.807, 2.05) is 0 Å². The summed E-state index contributed by atoms with van der Waals surface area (Å²) in [6.07, 6.45) is -9.93. The molecule has 13 heteroatoms. The van der Waals surface area contributed by atoms with Crippen LogP contribution in [0.4, 0.5) is 5.82 Å². The summed E-state index contributed by atoms with van der Waals surface area (Å²) < 4.78 is 6.43. The predicted molar refractivity (Wildman–Crippen MR) is 85.3 cm³/mol. The van der Waals surface area contributed by atoms with E-state index < -0.39 is 68.2 Å². The lowest BCUT2D eigenvalue weighted by atomic mass is 9.94. The topological polar surface area (TPSA) is 205 Å². The molecule has 3 rings (SSSR count). The molecule has 13 nitrogen and oxygen atoms in total. The minimum atomic E-state index is -1.59. The van der Waals surface area contributed by atoms with Crippen LogP contribution in [-0.4, -0.2) is 124 Å². The van der Waals surface area contributed by atoms with Crippen LogP contribution in [0.3, 0.4) is 0 Å². The van der Waals surface area contributed by atoms with Crippen molar-refractivity contribution in [2.75, 3.05) is 24.7 Å². The summed E-state index contributed by atoms with van der Waals surface area (Å²) in [6.45, 7) is -1.27. The van der Waals surface area contributed by atoms with Gasteiger partial charge in [-0.2, -0.15) is 0 Å². The van der Waals surface area contributed by atoms with Crippen molar-refractivity contribution in [1.82, 2.24) is 15.0 Å². The van der Waals surface area contributed by atoms with Crippen LogP contribution >= 0.6 is 0 Å². The number of nitrogens with zero attached hydrogens (tertiary/aromatic N) is 4. The van der Waals surface area contributed by atoms with Gasteiger partial charge >= 0.3 is 0 Å². The fourth-order valence-corrected chi connectivity index (χ4v) is 3.38. The van der Waals surface area contributed by atoms with E-state index in [0.717, 1.165) is 4.68 Å². The molecule has 0 aliphatic carbocycles. The molecule has 2 aliphatic rings. The zero-order valence-electron chi connectivity index (χ0n) is 14.2. The van der Waals surface area contributed by atoms with Crippen molar-refractivity contribution in [3.05, 3.63) is 6.20 Å². The lowest BCUT2D eigenvalue weighted by Gasteiger charge is -2.43. The smallest absolute Gasteiger partial charge is 0.180 e. The van der Waals surface area contributed by atoms with E-state index in [0.29, 0.717) is 0 Å². The summed E-state index contributed by atoms with van der Waals surface area (Å²) in [5.74, 6) is 0.107. The van der Waals surface area contributed by atoms with Crippen LogP contribution < -0.4 is 4.90 Å². The Bertz CT molecular complexity index is 631. The van der Waals surface area contributed by atoms with Gasteiger partial charge in [-0.15, -0.1) is 5.10 Å². The van der Waals surface area contributed by atoms with Gasteiger partial charge in [0.25, 0.3) is 0 Å². The molecule has 154 valence electrons. The molecule has 0 radical (unpaired) electrons. The molecule has 0 amide bonds. The fraction of sp³-hybridized carbons (Fsp3) is 0.857. The van der Waals surface area contributed by atoms with Crippen LogP contribution in [0, 0.1) is 0 Å². The molecule has 1 aromatic rings. The van der Waals surface area contributed by atoms with E-state index in [1.54, 1.807) is 0 Å². The molecule has 0 saturated carbocycles. The first kappa shape index (κ1) is 20.3. The van der Waals surface area contributed by atoms with Crippen molar-refractivity contribution in [2.24, 2.45) is 0 Å². The summed E-state index contributed by atoms with van der Waals surface area (Å²) in [4.78, 5) is 1.34. The van der Waals surface area contributed by atoms with Crippen molar-refractivity contribution in [1.29, 1.82) is 0 Å². The number of hydrogen-bond donors (Lipinski definition) is 8. The predicted octanol–water partition coefficient (Wildman–Crippen LogP) is -5.49. The van der Waals surface area contributed by atoms with Crippen molar-refractivity contribution in [3.63, 3.8) is 0 Å². The Kier molecular flexibility index (Phi) is 5.95. The zero-order valence-corrected chi connectivity index (χ0v) is 14.2. The minimum absolute atomic E-state index is 0.107. The molecule has 27 heavy (non-hydrogen) atoms. The van der Waals surface area contributed by atoms with Gasteiger partial charge in [-0.05, 0) is 0 Å². The first-order chi connectivity index (χ1) is 12.8. The Morgan fingerprint density at radius 1 is 0.926 bits per heavy atom. The highest BCUT2D eigenvalue weighted by molar-refractivity contribution is 5.39. The van der Waals surface area contributed by atoms with Gasteiger partial charge in [0, 0.05) is 6.54 Å². The molecule has 0 aromatic carbocycles. The molecule has 8 N–H and O–H groups in total. The van der Waals surface area contributed by atoms with Crippen LogP contribution in [0.25, 0.3) is 0 Å². The summed E-state index contributed by atoms with van der Waals surface area (Å²) in [5, 5.41) is 86.0. The Hall–Kier alpha value is -1.42. The monoisotopic (exact) mass is 392 g/mol. The SMILES string of the molecule is OC[C@H]1O[C@@H](n2cc(N3C[C@@H](O)[C@@H](O)[C@H](O)[C@@H]3CO)nn2)[C@H](O)[C@@H](O)[C@@H]1O. The molecular formula is C14H24N4O9. The molecule has 0 bridgehead atoms.